The highest BCUT2D eigenvalue weighted by Gasteiger charge is 2.24. The highest BCUT2D eigenvalue weighted by atomic mass is 32.2. The fourth-order valence-electron chi connectivity index (χ4n) is 2.27. The first kappa shape index (κ1) is 18.2. The molecule has 5 nitrogen and oxygen atoms in total. The normalized spacial score (nSPS) is 12.2. The number of sulfonamides is 1. The lowest BCUT2D eigenvalue weighted by atomic mass is 9.94. The second kappa shape index (κ2) is 6.75. The van der Waals surface area contributed by atoms with Gasteiger partial charge in [-0.15, -0.1) is 0 Å². The number of nitrogens with zero attached hydrogens (tertiary/aromatic N) is 1. The minimum Gasteiger partial charge on any atom is -0.343 e. The third-order valence-corrected chi connectivity index (χ3v) is 5.65. The maximum absolute atomic E-state index is 12.5. The van der Waals surface area contributed by atoms with Gasteiger partial charge >= 0.3 is 0 Å². The molecule has 2 rings (SSSR count). The van der Waals surface area contributed by atoms with Crippen LogP contribution in [0.2, 0.25) is 0 Å². The Labute approximate surface area is 143 Å². The van der Waals surface area contributed by atoms with Gasteiger partial charge in [0.05, 0.1) is 10.4 Å². The number of carbonyl (C=O) groups excluding carboxylic acids is 1. The van der Waals surface area contributed by atoms with Crippen LogP contribution in [0, 0.1) is 0 Å². The molecular weight excluding hydrogens is 324 g/mol. The zero-order valence-corrected chi connectivity index (χ0v) is 15.1. The van der Waals surface area contributed by atoms with E-state index in [-0.39, 0.29) is 10.8 Å². The van der Waals surface area contributed by atoms with Crippen LogP contribution in [0.25, 0.3) is 0 Å². The minimum atomic E-state index is -3.50. The lowest BCUT2D eigenvalue weighted by Crippen LogP contribution is -2.40. The van der Waals surface area contributed by atoms with Gasteiger partial charge in [0.1, 0.15) is 0 Å². The monoisotopic (exact) mass is 346 g/mol. The summed E-state index contributed by atoms with van der Waals surface area (Å²) in [6.45, 7) is 3.84. The first-order valence-corrected chi connectivity index (χ1v) is 8.99. The van der Waals surface area contributed by atoms with Crippen molar-refractivity contribution in [2.24, 2.45) is 0 Å². The summed E-state index contributed by atoms with van der Waals surface area (Å²) in [5, 5.41) is 2.97. The number of rotatable bonds is 5. The quantitative estimate of drug-likeness (QED) is 0.905. The van der Waals surface area contributed by atoms with E-state index in [1.807, 2.05) is 44.2 Å². The van der Waals surface area contributed by atoms with Crippen molar-refractivity contribution in [1.29, 1.82) is 0 Å². The van der Waals surface area contributed by atoms with Crippen LogP contribution < -0.4 is 5.32 Å². The summed E-state index contributed by atoms with van der Waals surface area (Å²) in [5.41, 5.74) is 0.870. The van der Waals surface area contributed by atoms with Crippen LogP contribution in [-0.4, -0.2) is 32.7 Å². The van der Waals surface area contributed by atoms with E-state index in [4.69, 9.17) is 0 Å². The minimum absolute atomic E-state index is 0.159. The maximum atomic E-state index is 12.5. The number of amides is 1. The molecule has 0 aromatic heterocycles. The Morgan fingerprint density at radius 3 is 2.00 bits per heavy atom. The summed E-state index contributed by atoms with van der Waals surface area (Å²) in [4.78, 5) is 12.6. The smallest absolute Gasteiger partial charge is 0.251 e. The van der Waals surface area contributed by atoms with Crippen molar-refractivity contribution in [2.45, 2.75) is 24.3 Å². The number of hydrogen-bond acceptors (Lipinski definition) is 3. The molecule has 0 aliphatic rings. The largest absolute Gasteiger partial charge is 0.343 e. The van der Waals surface area contributed by atoms with E-state index < -0.39 is 15.6 Å². The predicted molar refractivity (Wildman–Crippen MR) is 94.2 cm³/mol. The van der Waals surface area contributed by atoms with Crippen LogP contribution in [-0.2, 0) is 15.6 Å². The molecule has 24 heavy (non-hydrogen) atoms. The molecule has 2 aromatic rings. The molecule has 0 bridgehead atoms. The van der Waals surface area contributed by atoms with Gasteiger partial charge in [0.15, 0.2) is 0 Å². The summed E-state index contributed by atoms with van der Waals surface area (Å²) < 4.78 is 25.2. The van der Waals surface area contributed by atoms with Crippen molar-refractivity contribution in [1.82, 2.24) is 9.62 Å². The van der Waals surface area contributed by atoms with Crippen LogP contribution in [0.3, 0.4) is 0 Å². The molecule has 128 valence electrons. The molecule has 0 heterocycles. The topological polar surface area (TPSA) is 66.5 Å². The van der Waals surface area contributed by atoms with E-state index in [0.29, 0.717) is 5.56 Å². The summed E-state index contributed by atoms with van der Waals surface area (Å²) >= 11 is 0. The molecule has 2 aromatic carbocycles. The van der Waals surface area contributed by atoms with Gasteiger partial charge in [0.2, 0.25) is 10.0 Å². The Morgan fingerprint density at radius 2 is 1.50 bits per heavy atom. The number of carbonyl (C=O) groups is 1. The fourth-order valence-corrected chi connectivity index (χ4v) is 3.17. The molecule has 0 aliphatic carbocycles. The number of nitrogens with one attached hydrogen (secondary N) is 1. The van der Waals surface area contributed by atoms with Crippen LogP contribution in [0.1, 0.15) is 29.8 Å². The Hall–Kier alpha value is -2.18. The van der Waals surface area contributed by atoms with Gasteiger partial charge in [-0.3, -0.25) is 4.79 Å². The maximum Gasteiger partial charge on any atom is 0.251 e. The molecule has 0 unspecified atom stereocenters. The molecular formula is C18H22N2O3S. The van der Waals surface area contributed by atoms with E-state index in [1.54, 1.807) is 0 Å². The predicted octanol–water partition coefficient (Wildman–Crippen LogP) is 2.60. The van der Waals surface area contributed by atoms with Crippen molar-refractivity contribution < 1.29 is 13.2 Å². The molecule has 0 spiro atoms. The standard InChI is InChI=1S/C18H22N2O3S/c1-18(2,15-8-6-5-7-9-15)19-17(21)14-10-12-16(13-11-14)24(22,23)20(3)4/h5-13H,1-4H3,(H,19,21). The van der Waals surface area contributed by atoms with Crippen molar-refractivity contribution in [3.8, 4) is 0 Å². The lowest BCUT2D eigenvalue weighted by molar-refractivity contribution is 0.0912. The van der Waals surface area contributed by atoms with E-state index in [1.165, 1.54) is 38.4 Å². The molecule has 0 fully saturated rings. The van der Waals surface area contributed by atoms with Crippen molar-refractivity contribution in [3.63, 3.8) is 0 Å². The third-order valence-electron chi connectivity index (χ3n) is 3.82. The SMILES string of the molecule is CN(C)S(=O)(=O)c1ccc(C(=O)NC(C)(C)c2ccccc2)cc1. The van der Waals surface area contributed by atoms with Gasteiger partial charge in [-0.05, 0) is 43.7 Å². The number of hydrogen-bond donors (Lipinski definition) is 1. The molecule has 1 N–H and O–H groups in total. The molecule has 6 heteroatoms. The average molecular weight is 346 g/mol. The molecule has 0 saturated carbocycles. The number of benzene rings is 2. The first-order valence-electron chi connectivity index (χ1n) is 7.55. The van der Waals surface area contributed by atoms with Crippen LogP contribution >= 0.6 is 0 Å². The van der Waals surface area contributed by atoms with Crippen LogP contribution in [0.4, 0.5) is 0 Å². The highest BCUT2D eigenvalue weighted by Crippen LogP contribution is 2.21. The molecule has 0 aliphatic heterocycles. The van der Waals surface area contributed by atoms with Gasteiger partial charge in [-0.25, -0.2) is 12.7 Å². The lowest BCUT2D eigenvalue weighted by Gasteiger charge is -2.27. The summed E-state index contributed by atoms with van der Waals surface area (Å²) in [6, 6.07) is 15.6. The van der Waals surface area contributed by atoms with E-state index >= 15 is 0 Å². The van der Waals surface area contributed by atoms with Gasteiger partial charge < -0.3 is 5.32 Å². The second-order valence-electron chi connectivity index (χ2n) is 6.26. The van der Waals surface area contributed by atoms with Crippen molar-refractivity contribution >= 4 is 15.9 Å². The van der Waals surface area contributed by atoms with E-state index in [9.17, 15) is 13.2 Å². The Kier molecular flexibility index (Phi) is 5.11. The summed E-state index contributed by atoms with van der Waals surface area (Å²) in [7, 11) is -0.555. The highest BCUT2D eigenvalue weighted by molar-refractivity contribution is 7.89. The second-order valence-corrected chi connectivity index (χ2v) is 8.41. The van der Waals surface area contributed by atoms with Gasteiger partial charge in [0, 0.05) is 19.7 Å². The van der Waals surface area contributed by atoms with Gasteiger partial charge in [-0.2, -0.15) is 0 Å². The Bertz CT molecular complexity index is 811. The average Bonchev–Trinajstić information content (AvgIpc) is 2.55. The summed E-state index contributed by atoms with van der Waals surface area (Å²) in [6.07, 6.45) is 0. The molecule has 0 atom stereocenters. The first-order chi connectivity index (χ1) is 11.1. The summed E-state index contributed by atoms with van der Waals surface area (Å²) in [5.74, 6) is -0.252. The fraction of sp³-hybridized carbons (Fsp3) is 0.278. The van der Waals surface area contributed by atoms with Crippen molar-refractivity contribution in [2.75, 3.05) is 14.1 Å². The molecule has 1 amide bonds. The zero-order valence-electron chi connectivity index (χ0n) is 14.3. The Morgan fingerprint density at radius 1 is 0.958 bits per heavy atom. The Balaban J connectivity index is 2.19. The third kappa shape index (κ3) is 3.83. The zero-order chi connectivity index (χ0) is 18.0. The van der Waals surface area contributed by atoms with Gasteiger partial charge in [0.25, 0.3) is 5.91 Å². The van der Waals surface area contributed by atoms with E-state index in [2.05, 4.69) is 5.32 Å². The van der Waals surface area contributed by atoms with Crippen LogP contribution in [0.15, 0.2) is 59.5 Å². The molecule has 0 radical (unpaired) electrons. The van der Waals surface area contributed by atoms with Crippen LogP contribution in [0.5, 0.6) is 0 Å². The van der Waals surface area contributed by atoms with E-state index in [0.717, 1.165) is 9.87 Å². The molecule has 0 saturated heterocycles. The van der Waals surface area contributed by atoms with Gasteiger partial charge in [-0.1, -0.05) is 30.3 Å². The van der Waals surface area contributed by atoms with Crippen molar-refractivity contribution in [3.05, 3.63) is 65.7 Å².